The van der Waals surface area contributed by atoms with Crippen molar-refractivity contribution in [3.8, 4) is 45.3 Å². The predicted octanol–water partition coefficient (Wildman–Crippen LogP) is 6.44. The molecule has 6 heterocycles. The van der Waals surface area contributed by atoms with Crippen LogP contribution in [0.5, 0.6) is 23.0 Å². The number of likely N-dealkylation sites (tertiary alicyclic amines) is 1. The van der Waals surface area contributed by atoms with Crippen LogP contribution in [0.25, 0.3) is 33.3 Å². The Bertz CT molecular complexity index is 2330. The van der Waals surface area contributed by atoms with Crippen molar-refractivity contribution in [2.45, 2.75) is 26.7 Å². The molecule has 2 saturated heterocycles. The van der Waals surface area contributed by atoms with Crippen molar-refractivity contribution in [2.24, 2.45) is 11.8 Å². The van der Waals surface area contributed by atoms with Gasteiger partial charge in [-0.1, -0.05) is 20.4 Å². The zero-order chi connectivity index (χ0) is 37.9. The molecule has 280 valence electrons. The highest BCUT2D eigenvalue weighted by Crippen LogP contribution is 2.35. The molecule has 2 fully saturated rings. The van der Waals surface area contributed by atoms with Gasteiger partial charge in [-0.2, -0.15) is 0 Å². The van der Waals surface area contributed by atoms with E-state index in [4.69, 9.17) is 9.47 Å². The summed E-state index contributed by atoms with van der Waals surface area (Å²) in [5, 5.41) is 22.6. The largest absolute Gasteiger partial charge is 0.505 e. The third-order valence-electron chi connectivity index (χ3n) is 9.95. The number of phenols is 2. The number of carbonyl (C=O) groups excluding carboxylic acids is 1. The van der Waals surface area contributed by atoms with E-state index in [1.54, 1.807) is 29.9 Å². The van der Waals surface area contributed by atoms with Gasteiger partial charge in [0.2, 0.25) is 5.91 Å². The molecule has 0 unspecified atom stereocenters. The first-order valence-electron chi connectivity index (χ1n) is 18.0. The third kappa shape index (κ3) is 7.44. The van der Waals surface area contributed by atoms with E-state index in [1.807, 2.05) is 47.2 Å². The van der Waals surface area contributed by atoms with Crippen molar-refractivity contribution in [3.05, 3.63) is 109 Å². The molecule has 0 spiro atoms. The minimum absolute atomic E-state index is 0.0668. The Balaban J connectivity index is 0.000000168. The Hall–Kier alpha value is -5.95. The zero-order valence-electron chi connectivity index (χ0n) is 30.1. The van der Waals surface area contributed by atoms with Crippen molar-refractivity contribution in [1.29, 1.82) is 0 Å². The molecule has 6 aromatic rings. The molecule has 0 atom stereocenters. The first kappa shape index (κ1) is 36.4. The highest BCUT2D eigenvalue weighted by molar-refractivity contribution is 5.87. The van der Waals surface area contributed by atoms with Gasteiger partial charge >= 0.3 is 0 Å². The van der Waals surface area contributed by atoms with E-state index in [2.05, 4.69) is 21.9 Å². The standard InChI is InChI=1S/C22H22FN3O3.C19H20FN3O2/c1-3-15-5-20(27)18(23)7-17(15)16-6-21(19-8-24-13-26(19)11-16)29-12-14-9-25(10-14)22(28)4-2;1-2-13-3-18(24)16(20)5-15(13)14-4-19(25-10-12-6-21-7-12)17-8-22-11-23(17)9-14/h4-8,11,13-14,27H,2-3,9-10,12H2,1H3;3-5,8-9,11-12,21,24H,2,6-7,10H2,1H3. The van der Waals surface area contributed by atoms with Gasteiger partial charge in [0.15, 0.2) is 23.1 Å². The van der Waals surface area contributed by atoms with Gasteiger partial charge in [-0.05, 0) is 77.6 Å². The van der Waals surface area contributed by atoms with Crippen LogP contribution in [0.15, 0.2) is 86.5 Å². The van der Waals surface area contributed by atoms with Crippen molar-refractivity contribution in [1.82, 2.24) is 29.0 Å². The van der Waals surface area contributed by atoms with E-state index in [-0.39, 0.29) is 23.3 Å². The number of phenolic OH excluding ortho intramolecular Hbond substituents is 2. The zero-order valence-corrected chi connectivity index (χ0v) is 30.1. The highest BCUT2D eigenvalue weighted by Gasteiger charge is 2.30. The number of imidazole rings is 2. The first-order chi connectivity index (χ1) is 26.1. The number of hydrogen-bond acceptors (Lipinski definition) is 8. The number of ether oxygens (including phenoxy) is 2. The van der Waals surface area contributed by atoms with Crippen LogP contribution in [0.4, 0.5) is 8.78 Å². The SMILES string of the molecule is C=CC(=O)N1CC(COc2cc(-c3cc(F)c(O)cc3CC)cn3cncc23)C1.CCc1cc(O)c(F)cc1-c1cc(OCC2CNC2)c2cncn2c1. The lowest BCUT2D eigenvalue weighted by atomic mass is 9.98. The molecular weight excluding hydrogens is 694 g/mol. The summed E-state index contributed by atoms with van der Waals surface area (Å²) in [5.41, 5.74) is 6.48. The van der Waals surface area contributed by atoms with E-state index in [9.17, 15) is 23.8 Å². The monoisotopic (exact) mass is 736 g/mol. The number of amides is 1. The van der Waals surface area contributed by atoms with Gasteiger partial charge in [-0.15, -0.1) is 0 Å². The number of aromatic nitrogens is 4. The molecule has 4 aromatic heterocycles. The summed E-state index contributed by atoms with van der Waals surface area (Å²) in [6, 6.07) is 9.47. The number of carbonyl (C=O) groups is 1. The van der Waals surface area contributed by atoms with E-state index >= 15 is 0 Å². The number of hydrogen-bond donors (Lipinski definition) is 3. The Morgan fingerprint density at radius 2 is 1.30 bits per heavy atom. The fraction of sp³-hybridized carbons (Fsp3) is 0.293. The maximum atomic E-state index is 14.0. The number of nitrogens with zero attached hydrogens (tertiary/aromatic N) is 5. The second-order valence-electron chi connectivity index (χ2n) is 13.6. The number of fused-ring (bicyclic) bond motifs is 2. The summed E-state index contributed by atoms with van der Waals surface area (Å²) < 4.78 is 43.8. The van der Waals surface area contributed by atoms with Crippen molar-refractivity contribution < 1.29 is 33.3 Å². The minimum Gasteiger partial charge on any atom is -0.505 e. The van der Waals surface area contributed by atoms with Crippen LogP contribution in [0.3, 0.4) is 0 Å². The Labute approximate surface area is 311 Å². The van der Waals surface area contributed by atoms with Gasteiger partial charge in [0.1, 0.15) is 22.5 Å². The molecule has 54 heavy (non-hydrogen) atoms. The number of rotatable bonds is 11. The van der Waals surface area contributed by atoms with E-state index < -0.39 is 11.6 Å². The summed E-state index contributed by atoms with van der Waals surface area (Å²) >= 11 is 0. The van der Waals surface area contributed by atoms with Crippen LogP contribution in [-0.2, 0) is 17.6 Å². The topological polar surface area (TPSA) is 126 Å². The van der Waals surface area contributed by atoms with Crippen molar-refractivity contribution in [3.63, 3.8) is 0 Å². The van der Waals surface area contributed by atoms with E-state index in [1.165, 1.54) is 30.3 Å². The van der Waals surface area contributed by atoms with Gasteiger partial charge in [-0.3, -0.25) is 4.79 Å². The summed E-state index contributed by atoms with van der Waals surface area (Å²) in [6.45, 7) is 11.8. The fourth-order valence-corrected chi connectivity index (χ4v) is 6.73. The fourth-order valence-electron chi connectivity index (χ4n) is 6.73. The lowest BCUT2D eigenvalue weighted by Gasteiger charge is -2.38. The smallest absolute Gasteiger partial charge is 0.245 e. The molecule has 2 aliphatic rings. The summed E-state index contributed by atoms with van der Waals surface area (Å²) in [5.74, 6) is 0.122. The summed E-state index contributed by atoms with van der Waals surface area (Å²) in [6.07, 6.45) is 13.3. The molecule has 13 heteroatoms. The number of nitrogens with one attached hydrogen (secondary N) is 1. The average Bonchev–Trinajstić information content (AvgIpc) is 3.82. The van der Waals surface area contributed by atoms with Crippen LogP contribution in [0, 0.1) is 23.5 Å². The number of benzene rings is 2. The molecule has 11 nitrogen and oxygen atoms in total. The number of aromatic hydroxyl groups is 2. The van der Waals surface area contributed by atoms with Crippen molar-refractivity contribution in [2.75, 3.05) is 39.4 Å². The van der Waals surface area contributed by atoms with Gasteiger partial charge in [-0.25, -0.2) is 18.7 Å². The molecular formula is C41H42F2N6O5. The number of pyridine rings is 2. The number of halogens is 2. The summed E-state index contributed by atoms with van der Waals surface area (Å²) in [7, 11) is 0. The average molecular weight is 737 g/mol. The second-order valence-corrected chi connectivity index (χ2v) is 13.6. The van der Waals surface area contributed by atoms with Crippen LogP contribution in [-0.4, -0.2) is 79.2 Å². The minimum atomic E-state index is -0.660. The van der Waals surface area contributed by atoms with E-state index in [0.717, 1.165) is 57.7 Å². The van der Waals surface area contributed by atoms with Gasteiger partial charge in [0.25, 0.3) is 0 Å². The predicted molar refractivity (Wildman–Crippen MR) is 201 cm³/mol. The van der Waals surface area contributed by atoms with Crippen LogP contribution in [0.2, 0.25) is 0 Å². The Kier molecular flexibility index (Phi) is 10.5. The normalized spacial score (nSPS) is 14.3. The van der Waals surface area contributed by atoms with Crippen LogP contribution < -0.4 is 14.8 Å². The molecule has 8 rings (SSSR count). The quantitative estimate of drug-likeness (QED) is 0.130. The van der Waals surface area contributed by atoms with Gasteiger partial charge in [0, 0.05) is 61.5 Å². The van der Waals surface area contributed by atoms with Gasteiger partial charge in [0.05, 0.1) is 38.3 Å². The summed E-state index contributed by atoms with van der Waals surface area (Å²) in [4.78, 5) is 21.7. The maximum Gasteiger partial charge on any atom is 0.245 e. The van der Waals surface area contributed by atoms with E-state index in [0.29, 0.717) is 56.4 Å². The lowest BCUT2D eigenvalue weighted by molar-refractivity contribution is -0.132. The first-order valence-corrected chi connectivity index (χ1v) is 18.0. The number of aryl methyl sites for hydroxylation is 2. The Morgan fingerprint density at radius 3 is 1.72 bits per heavy atom. The molecule has 1 amide bonds. The van der Waals surface area contributed by atoms with Crippen LogP contribution >= 0.6 is 0 Å². The molecule has 3 N–H and O–H groups in total. The molecule has 2 aliphatic heterocycles. The Morgan fingerprint density at radius 1 is 0.815 bits per heavy atom. The molecule has 0 aliphatic carbocycles. The molecule has 0 bridgehead atoms. The second kappa shape index (κ2) is 15.6. The maximum absolute atomic E-state index is 14.0. The third-order valence-corrected chi connectivity index (χ3v) is 9.95. The molecule has 0 saturated carbocycles. The van der Waals surface area contributed by atoms with Gasteiger partial charge < -0.3 is 38.7 Å². The van der Waals surface area contributed by atoms with Crippen LogP contribution in [0.1, 0.15) is 25.0 Å². The van der Waals surface area contributed by atoms with Crippen molar-refractivity contribution >= 4 is 16.9 Å². The lowest BCUT2D eigenvalue weighted by Crippen LogP contribution is -2.51. The highest BCUT2D eigenvalue weighted by atomic mass is 19.1. The molecule has 2 aromatic carbocycles. The molecule has 0 radical (unpaired) electrons.